The van der Waals surface area contributed by atoms with Gasteiger partial charge < -0.3 is 10.2 Å². The summed E-state index contributed by atoms with van der Waals surface area (Å²) in [5, 5.41) is 18.4. The molecule has 1 amide bonds. The van der Waals surface area contributed by atoms with Crippen molar-refractivity contribution in [2.45, 2.75) is 13.0 Å². The zero-order valence-electron chi connectivity index (χ0n) is 13.1. The van der Waals surface area contributed by atoms with Crippen LogP contribution in [0.5, 0.6) is 0 Å². The van der Waals surface area contributed by atoms with E-state index in [0.717, 1.165) is 13.1 Å². The summed E-state index contributed by atoms with van der Waals surface area (Å²) in [5.41, 5.74) is 0.874. The molecule has 8 nitrogen and oxygen atoms in total. The Labute approximate surface area is 145 Å². The van der Waals surface area contributed by atoms with Gasteiger partial charge >= 0.3 is 0 Å². The number of aromatic nitrogens is 2. The molecule has 9 heteroatoms. The van der Waals surface area contributed by atoms with Crippen molar-refractivity contribution < 1.29 is 9.72 Å². The van der Waals surface area contributed by atoms with Crippen LogP contribution in [0.25, 0.3) is 5.69 Å². The highest BCUT2D eigenvalue weighted by molar-refractivity contribution is 5.92. The number of amides is 1. The van der Waals surface area contributed by atoms with Gasteiger partial charge in [0, 0.05) is 44.0 Å². The zero-order chi connectivity index (χ0) is 16.4. The highest BCUT2D eigenvalue weighted by atomic mass is 35.5. The molecule has 1 fully saturated rings. The second kappa shape index (κ2) is 7.41. The summed E-state index contributed by atoms with van der Waals surface area (Å²) in [6.45, 7) is 4.16. The molecule has 3 rings (SSSR count). The maximum absolute atomic E-state index is 12.5. The lowest BCUT2D eigenvalue weighted by Crippen LogP contribution is -2.52. The number of non-ortho nitro benzene ring substituents is 1. The molecule has 0 bridgehead atoms. The minimum Gasteiger partial charge on any atom is -0.332 e. The highest BCUT2D eigenvalue weighted by Gasteiger charge is 2.25. The summed E-state index contributed by atoms with van der Waals surface area (Å²) in [7, 11) is 0. The van der Waals surface area contributed by atoms with E-state index in [9.17, 15) is 14.9 Å². The molecule has 0 aliphatic carbocycles. The summed E-state index contributed by atoms with van der Waals surface area (Å²) in [5.74, 6) is -0.122. The van der Waals surface area contributed by atoms with Crippen LogP contribution in [0.4, 0.5) is 5.69 Å². The number of nitrogens with zero attached hydrogens (tertiary/aromatic N) is 4. The summed E-state index contributed by atoms with van der Waals surface area (Å²) >= 11 is 0. The third-order valence-electron chi connectivity index (χ3n) is 3.88. The summed E-state index contributed by atoms with van der Waals surface area (Å²) in [6, 6.07) is 7.89. The first-order valence-electron chi connectivity index (χ1n) is 7.38. The molecule has 1 saturated heterocycles. The standard InChI is InChI=1S/C15H17N5O3.ClH/c1-11-10-16-6-8-18(11)15(21)14-5-7-19(17-14)12-3-2-4-13(9-12)20(22)23;/h2-5,7,9,11,16H,6,8,10H2,1H3;1H. The number of nitrogens with one attached hydrogen (secondary N) is 1. The number of nitro groups is 1. The predicted molar refractivity (Wildman–Crippen MR) is 90.8 cm³/mol. The molecule has 1 aliphatic rings. The molecule has 0 spiro atoms. The fourth-order valence-corrected chi connectivity index (χ4v) is 2.62. The number of benzene rings is 1. The normalized spacial score (nSPS) is 17.2. The number of halogens is 1. The first-order chi connectivity index (χ1) is 11.1. The van der Waals surface area contributed by atoms with Gasteiger partial charge in [-0.05, 0) is 19.1 Å². The van der Waals surface area contributed by atoms with E-state index in [1.807, 2.05) is 6.92 Å². The highest BCUT2D eigenvalue weighted by Crippen LogP contribution is 2.17. The van der Waals surface area contributed by atoms with Crippen LogP contribution < -0.4 is 5.32 Å². The number of piperazine rings is 1. The molecule has 1 aromatic carbocycles. The van der Waals surface area contributed by atoms with Gasteiger partial charge in [-0.1, -0.05) is 6.07 Å². The number of carbonyl (C=O) groups excluding carboxylic acids is 1. The third kappa shape index (κ3) is 3.55. The maximum atomic E-state index is 12.5. The average molecular weight is 352 g/mol. The van der Waals surface area contributed by atoms with Crippen molar-refractivity contribution >= 4 is 24.0 Å². The molecule has 128 valence electrons. The monoisotopic (exact) mass is 351 g/mol. The number of nitro benzene ring substituents is 1. The Hall–Kier alpha value is -2.45. The molecule has 0 radical (unpaired) electrons. The number of hydrogen-bond donors (Lipinski definition) is 1. The van der Waals surface area contributed by atoms with E-state index in [0.29, 0.717) is 17.9 Å². The predicted octanol–water partition coefficient (Wildman–Crippen LogP) is 1.64. The second-order valence-corrected chi connectivity index (χ2v) is 5.47. The topological polar surface area (TPSA) is 93.3 Å². The van der Waals surface area contributed by atoms with Gasteiger partial charge in [0.25, 0.3) is 11.6 Å². The van der Waals surface area contributed by atoms with E-state index in [1.54, 1.807) is 29.3 Å². The van der Waals surface area contributed by atoms with Crippen molar-refractivity contribution in [3.8, 4) is 5.69 Å². The lowest BCUT2D eigenvalue weighted by Gasteiger charge is -2.33. The number of rotatable bonds is 3. The minimum atomic E-state index is -0.457. The molecule has 24 heavy (non-hydrogen) atoms. The van der Waals surface area contributed by atoms with E-state index < -0.39 is 4.92 Å². The van der Waals surface area contributed by atoms with E-state index in [4.69, 9.17) is 0 Å². The Morgan fingerprint density at radius 3 is 2.92 bits per heavy atom. The van der Waals surface area contributed by atoms with Crippen molar-refractivity contribution in [2.75, 3.05) is 19.6 Å². The van der Waals surface area contributed by atoms with Crippen LogP contribution >= 0.6 is 12.4 Å². The van der Waals surface area contributed by atoms with Crippen molar-refractivity contribution in [2.24, 2.45) is 0 Å². The van der Waals surface area contributed by atoms with Crippen LogP contribution in [0.1, 0.15) is 17.4 Å². The van der Waals surface area contributed by atoms with E-state index >= 15 is 0 Å². The van der Waals surface area contributed by atoms with Crippen LogP contribution in [0.2, 0.25) is 0 Å². The molecular formula is C15H18ClN5O3. The first kappa shape index (κ1) is 17.9. The van der Waals surface area contributed by atoms with Crippen molar-refractivity contribution in [1.82, 2.24) is 20.0 Å². The van der Waals surface area contributed by atoms with Gasteiger partial charge in [-0.15, -0.1) is 12.4 Å². The molecule has 0 saturated carbocycles. The van der Waals surface area contributed by atoms with Crippen LogP contribution in [0, 0.1) is 10.1 Å². The van der Waals surface area contributed by atoms with E-state index in [1.165, 1.54) is 16.8 Å². The van der Waals surface area contributed by atoms with Gasteiger partial charge in [0.2, 0.25) is 0 Å². The summed E-state index contributed by atoms with van der Waals surface area (Å²) in [4.78, 5) is 24.7. The number of hydrogen-bond acceptors (Lipinski definition) is 5. The molecule has 1 N–H and O–H groups in total. The lowest BCUT2D eigenvalue weighted by molar-refractivity contribution is -0.384. The van der Waals surface area contributed by atoms with Gasteiger partial charge in [0.05, 0.1) is 10.6 Å². The first-order valence-corrected chi connectivity index (χ1v) is 7.38. The number of carbonyl (C=O) groups is 1. The summed E-state index contributed by atoms with van der Waals surface area (Å²) < 4.78 is 1.48. The molecule has 1 atom stereocenters. The fourth-order valence-electron chi connectivity index (χ4n) is 2.62. The molecule has 1 aliphatic heterocycles. The quantitative estimate of drug-likeness (QED) is 0.670. The third-order valence-corrected chi connectivity index (χ3v) is 3.88. The lowest BCUT2D eigenvalue weighted by atomic mass is 10.2. The van der Waals surface area contributed by atoms with Crippen LogP contribution in [0.3, 0.4) is 0 Å². The van der Waals surface area contributed by atoms with Gasteiger partial charge in [-0.2, -0.15) is 5.10 Å². The maximum Gasteiger partial charge on any atom is 0.274 e. The van der Waals surface area contributed by atoms with Gasteiger partial charge in [0.15, 0.2) is 5.69 Å². The average Bonchev–Trinajstić information content (AvgIpc) is 3.05. The minimum absolute atomic E-state index is 0. The van der Waals surface area contributed by atoms with Crippen molar-refractivity contribution in [3.63, 3.8) is 0 Å². The van der Waals surface area contributed by atoms with Gasteiger partial charge in [-0.25, -0.2) is 4.68 Å². The Kier molecular flexibility index (Phi) is 5.53. The largest absolute Gasteiger partial charge is 0.332 e. The van der Waals surface area contributed by atoms with Crippen LogP contribution in [0.15, 0.2) is 36.5 Å². The molecule has 2 heterocycles. The van der Waals surface area contributed by atoms with Crippen molar-refractivity contribution in [3.05, 3.63) is 52.3 Å². The Balaban J connectivity index is 0.00000208. The molecular weight excluding hydrogens is 334 g/mol. The Bertz CT molecular complexity index is 748. The van der Waals surface area contributed by atoms with Gasteiger partial charge in [0.1, 0.15) is 0 Å². The molecule has 1 aromatic heterocycles. The Morgan fingerprint density at radius 1 is 1.42 bits per heavy atom. The second-order valence-electron chi connectivity index (χ2n) is 5.47. The van der Waals surface area contributed by atoms with Crippen LogP contribution in [-0.2, 0) is 0 Å². The molecule has 1 unspecified atom stereocenters. The van der Waals surface area contributed by atoms with Crippen molar-refractivity contribution in [1.29, 1.82) is 0 Å². The van der Waals surface area contributed by atoms with E-state index in [-0.39, 0.29) is 30.0 Å². The fraction of sp³-hybridized carbons (Fsp3) is 0.333. The SMILES string of the molecule is CC1CNCCN1C(=O)c1ccn(-c2cccc([N+](=O)[O-])c2)n1.Cl. The zero-order valence-corrected chi connectivity index (χ0v) is 13.9. The summed E-state index contributed by atoms with van der Waals surface area (Å²) in [6.07, 6.45) is 1.64. The smallest absolute Gasteiger partial charge is 0.274 e. The molecule has 2 aromatic rings. The van der Waals surface area contributed by atoms with Crippen LogP contribution in [-0.4, -0.2) is 51.2 Å². The van der Waals surface area contributed by atoms with E-state index in [2.05, 4.69) is 10.4 Å². The van der Waals surface area contributed by atoms with Gasteiger partial charge in [-0.3, -0.25) is 14.9 Å². The Morgan fingerprint density at radius 2 is 2.21 bits per heavy atom.